The summed E-state index contributed by atoms with van der Waals surface area (Å²) in [6, 6.07) is 7.01. The van der Waals surface area contributed by atoms with Gasteiger partial charge in [0.2, 0.25) is 0 Å². The molecule has 0 saturated carbocycles. The lowest BCUT2D eigenvalue weighted by atomic mass is 10.0. The molecule has 0 bridgehead atoms. The Morgan fingerprint density at radius 1 is 1.43 bits per heavy atom. The first kappa shape index (κ1) is 14.4. The van der Waals surface area contributed by atoms with Crippen molar-refractivity contribution in [2.24, 2.45) is 0 Å². The normalized spacial score (nSPS) is 14.4. The van der Waals surface area contributed by atoms with E-state index in [-0.39, 0.29) is 11.3 Å². The lowest BCUT2D eigenvalue weighted by Gasteiger charge is -2.05. The zero-order chi connectivity index (χ0) is 16.2. The lowest BCUT2D eigenvalue weighted by Crippen LogP contribution is -2.03. The second-order valence-electron chi connectivity index (χ2n) is 4.96. The molecular formula is C19H10N2O2. The van der Waals surface area contributed by atoms with Crippen molar-refractivity contribution >= 4 is 23.1 Å². The monoisotopic (exact) mass is 298 g/mol. The molecule has 1 aliphatic rings. The van der Waals surface area contributed by atoms with Crippen molar-refractivity contribution in [2.75, 3.05) is 0 Å². The van der Waals surface area contributed by atoms with Crippen molar-refractivity contribution in [2.45, 2.75) is 12.8 Å². The van der Waals surface area contributed by atoms with Crippen LogP contribution in [-0.2, 0) is 0 Å². The molecular weight excluding hydrogens is 288 g/mol. The summed E-state index contributed by atoms with van der Waals surface area (Å²) < 4.78 is 5.32. The molecule has 0 saturated heterocycles. The van der Waals surface area contributed by atoms with Crippen LogP contribution in [0, 0.1) is 29.7 Å². The average molecular weight is 298 g/mol. The first-order chi connectivity index (χ1) is 11.2. The van der Waals surface area contributed by atoms with Gasteiger partial charge in [-0.05, 0) is 36.3 Å². The molecule has 23 heavy (non-hydrogen) atoms. The summed E-state index contributed by atoms with van der Waals surface area (Å²) >= 11 is 0. The topological polar surface area (TPSA) is 58.4 Å². The average Bonchev–Trinajstić information content (AvgIpc) is 2.53. The van der Waals surface area contributed by atoms with E-state index in [1.54, 1.807) is 18.2 Å². The molecule has 3 rings (SSSR count). The molecule has 0 fully saturated rings. The van der Waals surface area contributed by atoms with Gasteiger partial charge in [0.25, 0.3) is 5.70 Å². The van der Waals surface area contributed by atoms with Gasteiger partial charge in [0.05, 0.1) is 18.2 Å². The Morgan fingerprint density at radius 3 is 3.09 bits per heavy atom. The van der Waals surface area contributed by atoms with E-state index >= 15 is 0 Å². The minimum Gasteiger partial charge on any atom is -0.422 e. The molecule has 0 unspecified atom stereocenters. The molecule has 4 heteroatoms. The van der Waals surface area contributed by atoms with Crippen LogP contribution in [0.1, 0.15) is 29.5 Å². The first-order valence-corrected chi connectivity index (χ1v) is 6.98. The van der Waals surface area contributed by atoms with Gasteiger partial charge in [-0.1, -0.05) is 24.0 Å². The maximum atomic E-state index is 12.0. The molecule has 1 aromatic carbocycles. The smallest absolute Gasteiger partial charge is 0.342 e. The van der Waals surface area contributed by atoms with Gasteiger partial charge >= 0.3 is 5.63 Å². The van der Waals surface area contributed by atoms with Gasteiger partial charge in [0, 0.05) is 17.4 Å². The van der Waals surface area contributed by atoms with Crippen LogP contribution >= 0.6 is 0 Å². The number of allylic oxidation sites excluding steroid dienone is 2. The maximum absolute atomic E-state index is 12.0. The number of nitrogens with zero attached hydrogens (tertiary/aromatic N) is 2. The third-order valence-electron chi connectivity index (χ3n) is 3.42. The highest BCUT2D eigenvalue weighted by atomic mass is 16.4. The summed E-state index contributed by atoms with van der Waals surface area (Å²) in [6.45, 7) is 6.89. The SMILES string of the molecule is [C-]#[N+]/C(C#N)=C/c1cc2cc3c(cc2oc1=O)C#CCC/C=C\3. The molecule has 0 N–H and O–H groups in total. The summed E-state index contributed by atoms with van der Waals surface area (Å²) in [4.78, 5) is 15.1. The van der Waals surface area contributed by atoms with E-state index in [0.717, 1.165) is 29.4 Å². The number of hydrogen-bond donors (Lipinski definition) is 0. The van der Waals surface area contributed by atoms with Crippen molar-refractivity contribution in [1.29, 1.82) is 5.26 Å². The summed E-state index contributed by atoms with van der Waals surface area (Å²) in [5.41, 5.74) is 1.66. The summed E-state index contributed by atoms with van der Waals surface area (Å²) in [7, 11) is 0. The fraction of sp³-hybridized carbons (Fsp3) is 0.105. The van der Waals surface area contributed by atoms with E-state index in [4.69, 9.17) is 16.3 Å². The van der Waals surface area contributed by atoms with Crippen LogP contribution in [0.25, 0.3) is 28.0 Å². The Bertz CT molecular complexity index is 1050. The van der Waals surface area contributed by atoms with E-state index in [1.807, 2.05) is 12.1 Å². The minimum absolute atomic E-state index is 0.159. The van der Waals surface area contributed by atoms with Gasteiger partial charge in [0.15, 0.2) is 0 Å². The van der Waals surface area contributed by atoms with Crippen LogP contribution < -0.4 is 5.63 Å². The Hall–Kier alpha value is -3.55. The van der Waals surface area contributed by atoms with Gasteiger partial charge < -0.3 is 4.42 Å². The second kappa shape index (κ2) is 6.06. The van der Waals surface area contributed by atoms with Crippen LogP contribution in [-0.4, -0.2) is 0 Å². The van der Waals surface area contributed by atoms with Crippen LogP contribution in [0.3, 0.4) is 0 Å². The highest BCUT2D eigenvalue weighted by molar-refractivity contribution is 5.84. The fourth-order valence-electron chi connectivity index (χ4n) is 2.31. The van der Waals surface area contributed by atoms with E-state index in [9.17, 15) is 4.79 Å². The third kappa shape index (κ3) is 2.91. The number of rotatable bonds is 1. The predicted molar refractivity (Wildman–Crippen MR) is 87.8 cm³/mol. The van der Waals surface area contributed by atoms with Gasteiger partial charge in [-0.3, -0.25) is 0 Å². The zero-order valence-corrected chi connectivity index (χ0v) is 12.1. The third-order valence-corrected chi connectivity index (χ3v) is 3.42. The van der Waals surface area contributed by atoms with E-state index in [1.165, 1.54) is 6.08 Å². The molecule has 1 aromatic heterocycles. The predicted octanol–water partition coefficient (Wildman–Crippen LogP) is 3.74. The molecule has 4 nitrogen and oxygen atoms in total. The second-order valence-corrected chi connectivity index (χ2v) is 4.96. The van der Waals surface area contributed by atoms with Crippen molar-refractivity contribution in [3.63, 3.8) is 0 Å². The number of hydrogen-bond acceptors (Lipinski definition) is 3. The van der Waals surface area contributed by atoms with Crippen molar-refractivity contribution in [3.05, 3.63) is 68.5 Å². The Labute approximate surface area is 132 Å². The molecule has 1 heterocycles. The highest BCUT2D eigenvalue weighted by Gasteiger charge is 2.08. The minimum atomic E-state index is -0.580. The summed E-state index contributed by atoms with van der Waals surface area (Å²) in [5.74, 6) is 6.16. The maximum Gasteiger partial charge on any atom is 0.342 e. The van der Waals surface area contributed by atoms with Crippen molar-refractivity contribution < 1.29 is 4.42 Å². The Kier molecular flexibility index (Phi) is 3.79. The number of benzene rings is 1. The fourth-order valence-corrected chi connectivity index (χ4v) is 2.31. The van der Waals surface area contributed by atoms with Crippen LogP contribution in [0.5, 0.6) is 0 Å². The van der Waals surface area contributed by atoms with Gasteiger partial charge in [-0.2, -0.15) is 0 Å². The largest absolute Gasteiger partial charge is 0.422 e. The molecule has 0 atom stereocenters. The quantitative estimate of drug-likeness (QED) is 0.349. The zero-order valence-electron chi connectivity index (χ0n) is 12.1. The van der Waals surface area contributed by atoms with Crippen LogP contribution in [0.15, 0.2) is 39.2 Å². The standard InChI is InChI=1S/C19H10N2O2/c1-21-17(12-20)10-16-9-15-8-13-6-4-2-3-5-7-14(13)11-18(15)23-19(16)22/h4,6,8-11H,2-3H2/b6-4-,17-10+. The summed E-state index contributed by atoms with van der Waals surface area (Å²) in [6.07, 6.45) is 7.01. The highest BCUT2D eigenvalue weighted by Crippen LogP contribution is 2.22. The Morgan fingerprint density at radius 2 is 2.30 bits per heavy atom. The molecule has 0 amide bonds. The van der Waals surface area contributed by atoms with Crippen molar-refractivity contribution in [1.82, 2.24) is 0 Å². The number of nitriles is 1. The Balaban J connectivity index is 2.24. The molecule has 1 aliphatic carbocycles. The first-order valence-electron chi connectivity index (χ1n) is 6.98. The molecule has 2 aromatic rings. The lowest BCUT2D eigenvalue weighted by molar-refractivity contribution is 0.559. The molecule has 0 radical (unpaired) electrons. The van der Waals surface area contributed by atoms with E-state index < -0.39 is 5.63 Å². The summed E-state index contributed by atoms with van der Waals surface area (Å²) in [5, 5.41) is 9.54. The van der Waals surface area contributed by atoms with Crippen LogP contribution in [0.4, 0.5) is 0 Å². The van der Waals surface area contributed by atoms with E-state index in [2.05, 4.69) is 22.8 Å². The molecule has 0 aliphatic heterocycles. The van der Waals surface area contributed by atoms with Crippen LogP contribution in [0.2, 0.25) is 0 Å². The van der Waals surface area contributed by atoms with Gasteiger partial charge in [-0.15, -0.1) is 0 Å². The van der Waals surface area contributed by atoms with Gasteiger partial charge in [0.1, 0.15) is 5.58 Å². The van der Waals surface area contributed by atoms with Gasteiger partial charge in [-0.25, -0.2) is 14.9 Å². The number of fused-ring (bicyclic) bond motifs is 2. The van der Waals surface area contributed by atoms with Crippen molar-refractivity contribution in [3.8, 4) is 17.9 Å². The molecule has 108 valence electrons. The van der Waals surface area contributed by atoms with E-state index in [0.29, 0.717) is 5.58 Å². The molecule has 0 spiro atoms.